The van der Waals surface area contributed by atoms with Gasteiger partial charge < -0.3 is 15.3 Å². The zero-order valence-corrected chi connectivity index (χ0v) is 13.5. The van der Waals surface area contributed by atoms with E-state index in [9.17, 15) is 9.90 Å². The lowest BCUT2D eigenvalue weighted by molar-refractivity contribution is -0.116. The number of hydrogen-bond acceptors (Lipinski definition) is 4. The van der Waals surface area contributed by atoms with Gasteiger partial charge in [0.15, 0.2) is 0 Å². The highest BCUT2D eigenvalue weighted by Crippen LogP contribution is 2.17. The van der Waals surface area contributed by atoms with Gasteiger partial charge in [-0.15, -0.1) is 11.3 Å². The Bertz CT molecular complexity index is 619. The third-order valence-electron chi connectivity index (χ3n) is 3.21. The van der Waals surface area contributed by atoms with E-state index in [0.29, 0.717) is 0 Å². The molecule has 0 fully saturated rings. The van der Waals surface area contributed by atoms with Crippen LogP contribution < -0.4 is 10.2 Å². The van der Waals surface area contributed by atoms with Crippen molar-refractivity contribution in [3.05, 3.63) is 58.3 Å². The molecule has 1 aromatic heterocycles. The monoisotopic (exact) mass is 316 g/mol. The first-order valence-corrected chi connectivity index (χ1v) is 7.89. The van der Waals surface area contributed by atoms with Crippen LogP contribution in [-0.2, 0) is 4.79 Å². The Kier molecular flexibility index (Phi) is 5.75. The molecule has 0 aliphatic heterocycles. The molecule has 0 aliphatic carbocycles. The molecule has 1 unspecified atom stereocenters. The lowest BCUT2D eigenvalue weighted by Gasteiger charge is -2.15. The zero-order valence-electron chi connectivity index (χ0n) is 12.7. The van der Waals surface area contributed by atoms with Gasteiger partial charge in [0.2, 0.25) is 5.91 Å². The largest absolute Gasteiger partial charge is 0.387 e. The van der Waals surface area contributed by atoms with Gasteiger partial charge in [0, 0.05) is 37.3 Å². The minimum absolute atomic E-state index is 0.189. The Morgan fingerprint density at radius 1 is 1.32 bits per heavy atom. The maximum atomic E-state index is 11.7. The van der Waals surface area contributed by atoms with Gasteiger partial charge in [-0.25, -0.2) is 0 Å². The van der Waals surface area contributed by atoms with Crippen molar-refractivity contribution in [2.24, 2.45) is 0 Å². The van der Waals surface area contributed by atoms with E-state index in [1.54, 1.807) is 17.4 Å². The molecule has 1 atom stereocenters. The van der Waals surface area contributed by atoms with Gasteiger partial charge in [-0.3, -0.25) is 4.79 Å². The van der Waals surface area contributed by atoms with E-state index in [4.69, 9.17) is 0 Å². The first-order valence-electron chi connectivity index (χ1n) is 7.01. The van der Waals surface area contributed by atoms with Crippen LogP contribution in [0, 0.1) is 0 Å². The summed E-state index contributed by atoms with van der Waals surface area (Å²) in [4.78, 5) is 14.7. The summed E-state index contributed by atoms with van der Waals surface area (Å²) in [6, 6.07) is 11.5. The van der Waals surface area contributed by atoms with Gasteiger partial charge >= 0.3 is 0 Å². The number of anilines is 1. The quantitative estimate of drug-likeness (QED) is 0.806. The fourth-order valence-electron chi connectivity index (χ4n) is 1.91. The molecule has 0 aliphatic rings. The summed E-state index contributed by atoms with van der Waals surface area (Å²) in [7, 11) is 3.93. The molecular weight excluding hydrogens is 296 g/mol. The van der Waals surface area contributed by atoms with E-state index in [2.05, 4.69) is 5.32 Å². The Morgan fingerprint density at radius 3 is 2.64 bits per heavy atom. The van der Waals surface area contributed by atoms with Crippen molar-refractivity contribution in [1.82, 2.24) is 5.32 Å². The minimum Gasteiger partial charge on any atom is -0.387 e. The number of carbonyl (C=O) groups is 1. The first-order chi connectivity index (χ1) is 10.6. The van der Waals surface area contributed by atoms with Crippen LogP contribution in [0.25, 0.3) is 6.08 Å². The highest BCUT2D eigenvalue weighted by atomic mass is 32.1. The predicted molar refractivity (Wildman–Crippen MR) is 92.1 cm³/mol. The van der Waals surface area contributed by atoms with E-state index >= 15 is 0 Å². The molecule has 0 spiro atoms. The van der Waals surface area contributed by atoms with Crippen LogP contribution in [0.3, 0.4) is 0 Å². The average molecular weight is 316 g/mol. The second kappa shape index (κ2) is 7.77. The number of benzene rings is 1. The van der Waals surface area contributed by atoms with E-state index in [-0.39, 0.29) is 12.5 Å². The minimum atomic E-state index is -0.713. The number of carbonyl (C=O) groups excluding carboxylic acids is 1. The lowest BCUT2D eigenvalue weighted by Crippen LogP contribution is -2.26. The molecular formula is C17H20N2O2S. The number of aliphatic hydroxyl groups is 1. The Balaban J connectivity index is 1.84. The van der Waals surface area contributed by atoms with Gasteiger partial charge in [0.1, 0.15) is 0 Å². The van der Waals surface area contributed by atoms with Crippen molar-refractivity contribution in [2.75, 3.05) is 25.5 Å². The molecule has 1 heterocycles. The predicted octanol–water partition coefficient (Wildman–Crippen LogP) is 2.68. The van der Waals surface area contributed by atoms with Crippen LogP contribution in [-0.4, -0.2) is 31.7 Å². The molecule has 2 aromatic rings. The third-order valence-corrected chi connectivity index (χ3v) is 4.04. The second-order valence-electron chi connectivity index (χ2n) is 5.10. The average Bonchev–Trinajstić information content (AvgIpc) is 3.04. The van der Waals surface area contributed by atoms with Gasteiger partial charge in [-0.05, 0) is 35.2 Å². The lowest BCUT2D eigenvalue weighted by atomic mass is 10.1. The molecule has 5 heteroatoms. The molecule has 1 amide bonds. The molecule has 0 saturated carbocycles. The normalized spacial score (nSPS) is 12.3. The standard InChI is InChI=1S/C17H20N2O2S/c1-19(2)14-7-5-13(6-8-14)16(20)12-18-17(21)10-9-15-4-3-11-22-15/h3-11,16,20H,12H2,1-2H3,(H,18,21). The summed E-state index contributed by atoms with van der Waals surface area (Å²) in [5.41, 5.74) is 1.85. The van der Waals surface area contributed by atoms with Gasteiger partial charge in [-0.1, -0.05) is 18.2 Å². The highest BCUT2D eigenvalue weighted by molar-refractivity contribution is 7.10. The van der Waals surface area contributed by atoms with E-state index in [0.717, 1.165) is 16.1 Å². The molecule has 2 N–H and O–H groups in total. The summed E-state index contributed by atoms with van der Waals surface area (Å²) < 4.78 is 0. The Labute approximate surface area is 134 Å². The van der Waals surface area contributed by atoms with Crippen LogP contribution in [0.4, 0.5) is 5.69 Å². The summed E-state index contributed by atoms with van der Waals surface area (Å²) in [6.07, 6.45) is 2.53. The number of nitrogens with one attached hydrogen (secondary N) is 1. The fraction of sp³-hybridized carbons (Fsp3) is 0.235. The van der Waals surface area contributed by atoms with Crippen LogP contribution in [0.1, 0.15) is 16.5 Å². The number of thiophene rings is 1. The summed E-state index contributed by atoms with van der Waals surface area (Å²) in [6.45, 7) is 0.189. The third kappa shape index (κ3) is 4.72. The van der Waals surface area contributed by atoms with Crippen LogP contribution in [0.2, 0.25) is 0 Å². The molecule has 116 valence electrons. The van der Waals surface area contributed by atoms with Crippen molar-refractivity contribution in [1.29, 1.82) is 0 Å². The van der Waals surface area contributed by atoms with Crippen LogP contribution >= 0.6 is 11.3 Å². The summed E-state index contributed by atoms with van der Waals surface area (Å²) >= 11 is 1.57. The summed E-state index contributed by atoms with van der Waals surface area (Å²) in [5.74, 6) is -0.211. The molecule has 0 bridgehead atoms. The second-order valence-corrected chi connectivity index (χ2v) is 6.07. The maximum absolute atomic E-state index is 11.7. The summed E-state index contributed by atoms with van der Waals surface area (Å²) in [5, 5.41) is 14.8. The molecule has 1 aromatic carbocycles. The first kappa shape index (κ1) is 16.3. The topological polar surface area (TPSA) is 52.6 Å². The number of rotatable bonds is 6. The molecule has 0 radical (unpaired) electrons. The van der Waals surface area contributed by atoms with Gasteiger partial charge in [0.25, 0.3) is 0 Å². The number of nitrogens with zero attached hydrogens (tertiary/aromatic N) is 1. The highest BCUT2D eigenvalue weighted by Gasteiger charge is 2.08. The van der Waals surface area contributed by atoms with Crippen LogP contribution in [0.15, 0.2) is 47.9 Å². The smallest absolute Gasteiger partial charge is 0.244 e. The molecule has 2 rings (SSSR count). The van der Waals surface area contributed by atoms with Crippen molar-refractivity contribution in [2.45, 2.75) is 6.10 Å². The number of hydrogen-bond donors (Lipinski definition) is 2. The zero-order chi connectivity index (χ0) is 15.9. The SMILES string of the molecule is CN(C)c1ccc(C(O)CNC(=O)C=Cc2cccs2)cc1. The fourth-order valence-corrected chi connectivity index (χ4v) is 2.53. The maximum Gasteiger partial charge on any atom is 0.244 e. The van der Waals surface area contributed by atoms with E-state index in [1.807, 2.05) is 60.8 Å². The Hall–Kier alpha value is -2.11. The Morgan fingerprint density at radius 2 is 2.05 bits per heavy atom. The van der Waals surface area contributed by atoms with E-state index in [1.165, 1.54) is 6.08 Å². The van der Waals surface area contributed by atoms with E-state index < -0.39 is 6.10 Å². The van der Waals surface area contributed by atoms with Crippen LogP contribution in [0.5, 0.6) is 0 Å². The molecule has 4 nitrogen and oxygen atoms in total. The van der Waals surface area contributed by atoms with Gasteiger partial charge in [0.05, 0.1) is 6.10 Å². The van der Waals surface area contributed by atoms with Crippen molar-refractivity contribution >= 4 is 29.0 Å². The van der Waals surface area contributed by atoms with Crippen molar-refractivity contribution in [3.63, 3.8) is 0 Å². The van der Waals surface area contributed by atoms with Crippen molar-refractivity contribution < 1.29 is 9.90 Å². The molecule has 22 heavy (non-hydrogen) atoms. The van der Waals surface area contributed by atoms with Gasteiger partial charge in [-0.2, -0.15) is 0 Å². The number of amides is 1. The number of aliphatic hydroxyl groups excluding tert-OH is 1. The molecule has 0 saturated heterocycles. The van der Waals surface area contributed by atoms with Crippen molar-refractivity contribution in [3.8, 4) is 0 Å².